The second-order valence-electron chi connectivity index (χ2n) is 7.19. The standard InChI is InChI=1S/C22H25BrN2O6/c1-22(2,11-10-19(27)25-29)20(15-4-3-5-18(14-15)30-13-12-26)31-21(28)24-17-8-6-16(23)7-9-17/h3-11,14,20,26,29H,12-13H2,1-2H3,(H,24,28)(H,25,27)/b11-10+/t20-/m1/s1. The van der Waals surface area contributed by atoms with Gasteiger partial charge in [-0.05, 0) is 42.0 Å². The normalized spacial score (nSPS) is 12.3. The summed E-state index contributed by atoms with van der Waals surface area (Å²) in [4.78, 5) is 24.1. The van der Waals surface area contributed by atoms with Gasteiger partial charge in [0.25, 0.3) is 5.91 Å². The molecule has 0 aromatic heterocycles. The van der Waals surface area contributed by atoms with E-state index in [0.29, 0.717) is 17.0 Å². The zero-order chi connectivity index (χ0) is 22.9. The minimum Gasteiger partial charge on any atom is -0.491 e. The molecule has 0 saturated heterocycles. The highest BCUT2D eigenvalue weighted by Crippen LogP contribution is 2.39. The van der Waals surface area contributed by atoms with Gasteiger partial charge in [-0.2, -0.15) is 0 Å². The molecule has 1 atom stereocenters. The van der Waals surface area contributed by atoms with Crippen molar-refractivity contribution in [2.75, 3.05) is 18.5 Å². The van der Waals surface area contributed by atoms with E-state index in [0.717, 1.165) is 10.5 Å². The van der Waals surface area contributed by atoms with Crippen molar-refractivity contribution < 1.29 is 29.4 Å². The molecule has 0 radical (unpaired) electrons. The number of hydrogen-bond acceptors (Lipinski definition) is 6. The Kier molecular flexibility index (Phi) is 9.04. The Morgan fingerprint density at radius 1 is 1.19 bits per heavy atom. The molecule has 0 aliphatic carbocycles. The van der Waals surface area contributed by atoms with Crippen molar-refractivity contribution in [1.82, 2.24) is 5.48 Å². The lowest BCUT2D eigenvalue weighted by Crippen LogP contribution is -2.28. The highest BCUT2D eigenvalue weighted by molar-refractivity contribution is 9.10. The summed E-state index contributed by atoms with van der Waals surface area (Å²) >= 11 is 3.34. The summed E-state index contributed by atoms with van der Waals surface area (Å²) in [7, 11) is 0. The number of carbonyl (C=O) groups excluding carboxylic acids is 2. The summed E-state index contributed by atoms with van der Waals surface area (Å²) in [6, 6.07) is 14.0. The molecule has 4 N–H and O–H groups in total. The third-order valence-electron chi connectivity index (χ3n) is 4.29. The third kappa shape index (κ3) is 7.71. The molecule has 0 bridgehead atoms. The van der Waals surface area contributed by atoms with Gasteiger partial charge in [-0.1, -0.05) is 48.0 Å². The van der Waals surface area contributed by atoms with Crippen LogP contribution in [0.2, 0.25) is 0 Å². The number of rotatable bonds is 9. The van der Waals surface area contributed by atoms with E-state index in [1.165, 1.54) is 11.6 Å². The fourth-order valence-electron chi connectivity index (χ4n) is 2.78. The molecular weight excluding hydrogens is 468 g/mol. The van der Waals surface area contributed by atoms with Crippen LogP contribution in [0.3, 0.4) is 0 Å². The summed E-state index contributed by atoms with van der Waals surface area (Å²) in [5, 5.41) is 20.4. The van der Waals surface area contributed by atoms with Crippen molar-refractivity contribution in [2.45, 2.75) is 20.0 Å². The summed E-state index contributed by atoms with van der Waals surface area (Å²) in [6.07, 6.45) is 1.22. The molecule has 166 valence electrons. The van der Waals surface area contributed by atoms with E-state index in [4.69, 9.17) is 19.8 Å². The number of aliphatic hydroxyl groups is 1. The van der Waals surface area contributed by atoms with E-state index in [-0.39, 0.29) is 13.2 Å². The molecule has 31 heavy (non-hydrogen) atoms. The van der Waals surface area contributed by atoms with Crippen LogP contribution >= 0.6 is 15.9 Å². The Labute approximate surface area is 189 Å². The van der Waals surface area contributed by atoms with Crippen LogP contribution in [0.5, 0.6) is 5.75 Å². The lowest BCUT2D eigenvalue weighted by Gasteiger charge is -2.32. The van der Waals surface area contributed by atoms with Crippen LogP contribution in [0, 0.1) is 5.41 Å². The lowest BCUT2D eigenvalue weighted by atomic mass is 9.82. The molecule has 0 aliphatic heterocycles. The molecule has 2 aromatic carbocycles. The molecule has 0 unspecified atom stereocenters. The molecule has 0 spiro atoms. The molecule has 0 aliphatic rings. The van der Waals surface area contributed by atoms with E-state index in [2.05, 4.69) is 21.2 Å². The van der Waals surface area contributed by atoms with E-state index in [9.17, 15) is 9.59 Å². The summed E-state index contributed by atoms with van der Waals surface area (Å²) in [6.45, 7) is 3.56. The second kappa shape index (κ2) is 11.5. The number of amides is 2. The first-order valence-electron chi connectivity index (χ1n) is 9.45. The molecule has 9 heteroatoms. The molecule has 2 aromatic rings. The maximum Gasteiger partial charge on any atom is 0.412 e. The van der Waals surface area contributed by atoms with E-state index >= 15 is 0 Å². The van der Waals surface area contributed by atoms with Crippen molar-refractivity contribution in [1.29, 1.82) is 0 Å². The Morgan fingerprint density at radius 3 is 2.55 bits per heavy atom. The average molecular weight is 493 g/mol. The number of halogens is 1. The molecule has 8 nitrogen and oxygen atoms in total. The minimum absolute atomic E-state index is 0.124. The highest BCUT2D eigenvalue weighted by Gasteiger charge is 2.33. The van der Waals surface area contributed by atoms with E-state index in [1.807, 2.05) is 0 Å². The van der Waals surface area contributed by atoms with Crippen LogP contribution in [0.4, 0.5) is 10.5 Å². The smallest absolute Gasteiger partial charge is 0.412 e. The van der Waals surface area contributed by atoms with Crippen LogP contribution in [-0.2, 0) is 9.53 Å². The SMILES string of the molecule is CC(C)(/C=C/C(=O)NO)[C@H](OC(=O)Nc1ccc(Br)cc1)c1cccc(OCCO)c1. The van der Waals surface area contributed by atoms with Crippen LogP contribution in [0.1, 0.15) is 25.5 Å². The fraction of sp³-hybridized carbons (Fsp3) is 0.273. The van der Waals surface area contributed by atoms with Crippen molar-refractivity contribution >= 4 is 33.6 Å². The summed E-state index contributed by atoms with van der Waals surface area (Å²) < 4.78 is 12.1. The molecule has 0 saturated carbocycles. The number of nitrogens with one attached hydrogen (secondary N) is 2. The molecule has 0 heterocycles. The van der Waals surface area contributed by atoms with E-state index in [1.54, 1.807) is 62.4 Å². The zero-order valence-electron chi connectivity index (χ0n) is 17.2. The van der Waals surface area contributed by atoms with Gasteiger partial charge in [0, 0.05) is 21.7 Å². The topological polar surface area (TPSA) is 117 Å². The van der Waals surface area contributed by atoms with Crippen molar-refractivity contribution in [3.05, 3.63) is 70.7 Å². The first-order chi connectivity index (χ1) is 14.7. The first-order valence-corrected chi connectivity index (χ1v) is 10.2. The molecule has 2 rings (SSSR count). The Hall–Kier alpha value is -2.88. The van der Waals surface area contributed by atoms with Gasteiger partial charge in [0.1, 0.15) is 18.5 Å². The number of hydroxylamine groups is 1. The number of ether oxygens (including phenoxy) is 2. The number of benzene rings is 2. The van der Waals surface area contributed by atoms with Gasteiger partial charge in [-0.15, -0.1) is 0 Å². The fourth-order valence-corrected chi connectivity index (χ4v) is 3.05. The van der Waals surface area contributed by atoms with Gasteiger partial charge in [0.2, 0.25) is 0 Å². The first kappa shape index (κ1) is 24.4. The van der Waals surface area contributed by atoms with Crippen LogP contribution in [0.25, 0.3) is 0 Å². The minimum atomic E-state index is -0.834. The summed E-state index contributed by atoms with van der Waals surface area (Å²) in [5.41, 5.74) is 1.88. The average Bonchev–Trinajstić information content (AvgIpc) is 2.76. The number of hydrogen-bond donors (Lipinski definition) is 4. The zero-order valence-corrected chi connectivity index (χ0v) is 18.8. The third-order valence-corrected chi connectivity index (χ3v) is 4.82. The predicted molar refractivity (Wildman–Crippen MR) is 119 cm³/mol. The van der Waals surface area contributed by atoms with Crippen molar-refractivity contribution in [2.24, 2.45) is 5.41 Å². The molecule has 2 amide bonds. The monoisotopic (exact) mass is 492 g/mol. The van der Waals surface area contributed by atoms with Gasteiger partial charge >= 0.3 is 6.09 Å². The van der Waals surface area contributed by atoms with Crippen molar-refractivity contribution in [3.63, 3.8) is 0 Å². The van der Waals surface area contributed by atoms with Gasteiger partial charge in [0.05, 0.1) is 6.61 Å². The Bertz CT molecular complexity index is 914. The van der Waals surface area contributed by atoms with E-state index < -0.39 is 23.5 Å². The summed E-state index contributed by atoms with van der Waals surface area (Å²) in [5.74, 6) is -0.201. The maximum absolute atomic E-state index is 12.6. The van der Waals surface area contributed by atoms with Gasteiger partial charge in [-0.3, -0.25) is 15.3 Å². The Morgan fingerprint density at radius 2 is 1.90 bits per heavy atom. The van der Waals surface area contributed by atoms with Gasteiger partial charge in [-0.25, -0.2) is 10.3 Å². The quantitative estimate of drug-likeness (QED) is 0.236. The number of aliphatic hydroxyl groups excluding tert-OH is 1. The van der Waals surface area contributed by atoms with Crippen LogP contribution < -0.4 is 15.5 Å². The highest BCUT2D eigenvalue weighted by atomic mass is 79.9. The largest absolute Gasteiger partial charge is 0.491 e. The van der Waals surface area contributed by atoms with Gasteiger partial charge in [0.15, 0.2) is 0 Å². The maximum atomic E-state index is 12.6. The lowest BCUT2D eigenvalue weighted by molar-refractivity contribution is -0.124. The van der Waals surface area contributed by atoms with Crippen molar-refractivity contribution in [3.8, 4) is 5.75 Å². The molecule has 0 fully saturated rings. The van der Waals surface area contributed by atoms with Gasteiger partial charge < -0.3 is 14.6 Å². The Balaban J connectivity index is 2.30. The molecular formula is C22H25BrN2O6. The second-order valence-corrected chi connectivity index (χ2v) is 8.11. The number of carbonyl (C=O) groups is 2. The predicted octanol–water partition coefficient (Wildman–Crippen LogP) is 4.20. The van der Waals surface area contributed by atoms with Crippen LogP contribution in [-0.4, -0.2) is 35.5 Å². The number of anilines is 1. The van der Waals surface area contributed by atoms with Crippen LogP contribution in [0.15, 0.2) is 65.2 Å².